The van der Waals surface area contributed by atoms with E-state index in [1.807, 2.05) is 6.07 Å². The van der Waals surface area contributed by atoms with E-state index in [2.05, 4.69) is 11.8 Å². The maximum absolute atomic E-state index is 11.2. The van der Waals surface area contributed by atoms with Gasteiger partial charge in [-0.1, -0.05) is 45.1 Å². The van der Waals surface area contributed by atoms with Gasteiger partial charge in [0.05, 0.1) is 12.2 Å². The minimum Gasteiger partial charge on any atom is -0.494 e. The maximum atomic E-state index is 11.2. The first-order chi connectivity index (χ1) is 9.27. The minimum atomic E-state index is -0.551. The van der Waals surface area contributed by atoms with Crippen molar-refractivity contribution in [1.82, 2.24) is 0 Å². The van der Waals surface area contributed by atoms with Crippen LogP contribution in [0, 0.1) is 0 Å². The van der Waals surface area contributed by atoms with E-state index in [9.17, 15) is 4.79 Å². The number of hydrogen-bond donors (Lipinski definition) is 1. The molecule has 1 aromatic rings. The molecular weight excluding hydrogens is 242 g/mol. The van der Waals surface area contributed by atoms with Gasteiger partial charge >= 0.3 is 5.97 Å². The molecule has 0 heterocycles. The third-order valence-electron chi connectivity index (χ3n) is 2.94. The summed E-state index contributed by atoms with van der Waals surface area (Å²) in [6.45, 7) is 2.88. The predicted molar refractivity (Wildman–Crippen MR) is 74.9 cm³/mol. The van der Waals surface area contributed by atoms with Gasteiger partial charge in [0, 0.05) is 0 Å². The molecule has 0 aliphatic rings. The lowest BCUT2D eigenvalue weighted by Crippen LogP contribution is -2.10. The molecule has 19 heavy (non-hydrogen) atoms. The molecule has 0 bridgehead atoms. The van der Waals surface area contributed by atoms with Crippen LogP contribution in [0.15, 0.2) is 24.3 Å². The molecule has 0 saturated heterocycles. The van der Waals surface area contributed by atoms with Crippen molar-refractivity contribution in [2.24, 2.45) is 5.90 Å². The molecule has 1 aromatic carbocycles. The third kappa shape index (κ3) is 6.25. The number of ether oxygens (including phenoxy) is 1. The zero-order valence-corrected chi connectivity index (χ0v) is 11.6. The molecule has 0 aliphatic heterocycles. The van der Waals surface area contributed by atoms with Crippen molar-refractivity contribution in [2.75, 3.05) is 6.61 Å². The van der Waals surface area contributed by atoms with E-state index < -0.39 is 5.97 Å². The zero-order chi connectivity index (χ0) is 13.9. The van der Waals surface area contributed by atoms with Crippen molar-refractivity contribution in [2.45, 2.75) is 45.4 Å². The molecule has 0 aliphatic carbocycles. The van der Waals surface area contributed by atoms with Gasteiger partial charge in [-0.05, 0) is 24.6 Å². The summed E-state index contributed by atoms with van der Waals surface area (Å²) in [6.07, 6.45) is 7.36. The fraction of sp³-hybridized carbons (Fsp3) is 0.533. The summed E-state index contributed by atoms with van der Waals surface area (Å²) in [5, 5.41) is 0. The lowest BCUT2D eigenvalue weighted by atomic mass is 10.1. The van der Waals surface area contributed by atoms with Gasteiger partial charge in [-0.3, -0.25) is 0 Å². The highest BCUT2D eigenvalue weighted by atomic mass is 16.7. The number of benzene rings is 1. The molecule has 2 N–H and O–H groups in total. The first-order valence-corrected chi connectivity index (χ1v) is 6.92. The number of carbonyl (C=O) groups is 1. The molecule has 0 fully saturated rings. The molecule has 0 unspecified atom stereocenters. The van der Waals surface area contributed by atoms with Crippen LogP contribution in [0.4, 0.5) is 0 Å². The first-order valence-electron chi connectivity index (χ1n) is 6.92. The third-order valence-corrected chi connectivity index (χ3v) is 2.94. The summed E-state index contributed by atoms with van der Waals surface area (Å²) in [5.74, 6) is 4.97. The van der Waals surface area contributed by atoms with Crippen molar-refractivity contribution < 1.29 is 14.4 Å². The average molecular weight is 265 g/mol. The van der Waals surface area contributed by atoms with Crippen molar-refractivity contribution in [3.8, 4) is 5.75 Å². The van der Waals surface area contributed by atoms with Crippen LogP contribution in [-0.4, -0.2) is 12.6 Å². The molecule has 0 spiro atoms. The number of rotatable bonds is 9. The fourth-order valence-corrected chi connectivity index (χ4v) is 1.85. The Hall–Kier alpha value is -1.55. The van der Waals surface area contributed by atoms with Gasteiger partial charge < -0.3 is 9.57 Å². The molecule has 0 saturated carbocycles. The largest absolute Gasteiger partial charge is 0.494 e. The monoisotopic (exact) mass is 265 g/mol. The lowest BCUT2D eigenvalue weighted by molar-refractivity contribution is 0.0503. The van der Waals surface area contributed by atoms with Crippen LogP contribution in [0.1, 0.15) is 55.8 Å². The number of carbonyl (C=O) groups excluding carboxylic acids is 1. The molecule has 4 nitrogen and oxygen atoms in total. The van der Waals surface area contributed by atoms with Gasteiger partial charge in [-0.25, -0.2) is 4.79 Å². The van der Waals surface area contributed by atoms with E-state index in [0.29, 0.717) is 17.9 Å². The highest BCUT2D eigenvalue weighted by molar-refractivity contribution is 5.89. The molecule has 0 aromatic heterocycles. The van der Waals surface area contributed by atoms with Crippen LogP contribution in [0.5, 0.6) is 5.75 Å². The second-order valence-corrected chi connectivity index (χ2v) is 4.55. The normalized spacial score (nSPS) is 10.2. The van der Waals surface area contributed by atoms with Gasteiger partial charge in [0.1, 0.15) is 5.75 Å². The SMILES string of the molecule is CCCCCCCCOc1cccc(C(=O)ON)c1. The topological polar surface area (TPSA) is 61.5 Å². The van der Waals surface area contributed by atoms with Gasteiger partial charge in [0.25, 0.3) is 0 Å². The summed E-state index contributed by atoms with van der Waals surface area (Å²) in [6, 6.07) is 6.87. The highest BCUT2D eigenvalue weighted by Gasteiger charge is 2.06. The second-order valence-electron chi connectivity index (χ2n) is 4.55. The van der Waals surface area contributed by atoms with Gasteiger partial charge in [0.2, 0.25) is 0 Å². The van der Waals surface area contributed by atoms with Crippen molar-refractivity contribution in [1.29, 1.82) is 0 Å². The van der Waals surface area contributed by atoms with E-state index in [1.165, 1.54) is 32.1 Å². The highest BCUT2D eigenvalue weighted by Crippen LogP contribution is 2.14. The Bertz CT molecular complexity index is 379. The summed E-state index contributed by atoms with van der Waals surface area (Å²) < 4.78 is 5.60. The maximum Gasteiger partial charge on any atom is 0.356 e. The summed E-state index contributed by atoms with van der Waals surface area (Å²) in [7, 11) is 0. The quantitative estimate of drug-likeness (QED) is 0.548. The second kappa shape index (κ2) is 9.39. The van der Waals surface area contributed by atoms with Crippen LogP contribution >= 0.6 is 0 Å². The molecule has 4 heteroatoms. The Morgan fingerprint density at radius 3 is 2.63 bits per heavy atom. The Kier molecular flexibility index (Phi) is 7.66. The molecule has 0 atom stereocenters. The smallest absolute Gasteiger partial charge is 0.356 e. The van der Waals surface area contributed by atoms with E-state index in [-0.39, 0.29) is 0 Å². The number of hydrogen-bond acceptors (Lipinski definition) is 4. The Labute approximate surface area is 114 Å². The van der Waals surface area contributed by atoms with Crippen molar-refractivity contribution >= 4 is 5.97 Å². The van der Waals surface area contributed by atoms with Crippen LogP contribution in [0.2, 0.25) is 0 Å². The van der Waals surface area contributed by atoms with E-state index in [4.69, 9.17) is 10.6 Å². The summed E-state index contributed by atoms with van der Waals surface area (Å²) in [5.41, 5.74) is 0.406. The van der Waals surface area contributed by atoms with Crippen molar-refractivity contribution in [3.05, 3.63) is 29.8 Å². The minimum absolute atomic E-state index is 0.406. The average Bonchev–Trinajstić information content (AvgIpc) is 2.46. The number of unbranched alkanes of at least 4 members (excludes halogenated alkanes) is 5. The van der Waals surface area contributed by atoms with E-state index in [0.717, 1.165) is 6.42 Å². The van der Waals surface area contributed by atoms with Crippen LogP contribution in [0.25, 0.3) is 0 Å². The van der Waals surface area contributed by atoms with Crippen LogP contribution in [0.3, 0.4) is 0 Å². The predicted octanol–water partition coefficient (Wildman–Crippen LogP) is 3.46. The molecule has 106 valence electrons. The van der Waals surface area contributed by atoms with Crippen LogP contribution in [-0.2, 0) is 4.84 Å². The Balaban J connectivity index is 2.24. The van der Waals surface area contributed by atoms with E-state index >= 15 is 0 Å². The Morgan fingerprint density at radius 2 is 1.89 bits per heavy atom. The number of nitrogens with two attached hydrogens (primary N) is 1. The summed E-state index contributed by atoms with van der Waals surface area (Å²) in [4.78, 5) is 15.4. The molecule has 1 rings (SSSR count). The fourth-order valence-electron chi connectivity index (χ4n) is 1.85. The molecule has 0 radical (unpaired) electrons. The van der Waals surface area contributed by atoms with Crippen molar-refractivity contribution in [3.63, 3.8) is 0 Å². The van der Waals surface area contributed by atoms with Gasteiger partial charge in [-0.2, -0.15) is 5.90 Å². The molecule has 0 amide bonds. The Morgan fingerprint density at radius 1 is 1.16 bits per heavy atom. The first kappa shape index (κ1) is 15.5. The standard InChI is InChI=1S/C15H23NO3/c1-2-3-4-5-6-7-11-18-14-10-8-9-13(12-14)15(17)19-16/h8-10,12H,2-7,11,16H2,1H3. The van der Waals surface area contributed by atoms with Gasteiger partial charge in [-0.15, -0.1) is 0 Å². The van der Waals surface area contributed by atoms with Crippen LogP contribution < -0.4 is 10.6 Å². The van der Waals surface area contributed by atoms with E-state index in [1.54, 1.807) is 18.2 Å². The van der Waals surface area contributed by atoms with Gasteiger partial charge in [0.15, 0.2) is 0 Å². The lowest BCUT2D eigenvalue weighted by Gasteiger charge is -2.07. The molecular formula is C15H23NO3. The summed E-state index contributed by atoms with van der Waals surface area (Å²) >= 11 is 0. The zero-order valence-electron chi connectivity index (χ0n) is 11.6.